The Labute approximate surface area is 251 Å². The van der Waals surface area contributed by atoms with Crippen LogP contribution in [0.5, 0.6) is 0 Å². The molecule has 2 amide bonds. The number of hydrogen-bond donors (Lipinski definition) is 2. The number of amides is 2. The third-order valence-electron chi connectivity index (χ3n) is 6.39. The minimum atomic E-state index is -0.346. The molecule has 0 spiro atoms. The van der Waals surface area contributed by atoms with Gasteiger partial charge in [0.1, 0.15) is 0 Å². The van der Waals surface area contributed by atoms with Crippen molar-refractivity contribution in [2.75, 3.05) is 11.1 Å². The molecule has 0 saturated heterocycles. The Morgan fingerprint density at radius 2 is 1.57 bits per heavy atom. The van der Waals surface area contributed by atoms with Crippen LogP contribution in [0, 0.1) is 6.92 Å². The maximum absolute atomic E-state index is 13.4. The molecule has 210 valence electrons. The number of hydrazone groups is 1. The minimum absolute atomic E-state index is 0.0512. The lowest BCUT2D eigenvalue weighted by Gasteiger charge is -2.13. The summed E-state index contributed by atoms with van der Waals surface area (Å²) in [4.78, 5) is 43.2. The predicted octanol–water partition coefficient (Wildman–Crippen LogP) is 6.23. The number of hydrogen-bond acceptors (Lipinski definition) is 6. The van der Waals surface area contributed by atoms with Crippen LogP contribution in [0.25, 0.3) is 16.6 Å². The highest BCUT2D eigenvalue weighted by Crippen LogP contribution is 2.22. The van der Waals surface area contributed by atoms with Gasteiger partial charge in [-0.15, -0.1) is 0 Å². The molecule has 2 N–H and O–H groups in total. The summed E-state index contributed by atoms with van der Waals surface area (Å²) in [5.41, 5.74) is 7.10. The van der Waals surface area contributed by atoms with Gasteiger partial charge in [0.05, 0.1) is 28.1 Å². The number of anilines is 1. The molecular weight excluding hydrogens is 570 g/mol. The second kappa shape index (κ2) is 12.8. The zero-order valence-electron chi connectivity index (χ0n) is 22.8. The van der Waals surface area contributed by atoms with E-state index >= 15 is 0 Å². The molecule has 1 aromatic heterocycles. The average molecular weight is 596 g/mol. The summed E-state index contributed by atoms with van der Waals surface area (Å²) in [6.45, 7) is 3.75. The number of para-hydroxylation sites is 1. The van der Waals surface area contributed by atoms with Gasteiger partial charge in [0.25, 0.3) is 11.5 Å². The molecule has 0 aliphatic heterocycles. The van der Waals surface area contributed by atoms with Crippen molar-refractivity contribution >= 4 is 57.5 Å². The molecule has 0 aliphatic rings. The Morgan fingerprint density at radius 1 is 0.905 bits per heavy atom. The first-order chi connectivity index (χ1) is 20.3. The predicted molar refractivity (Wildman–Crippen MR) is 169 cm³/mol. The number of carbonyl (C=O) groups excluding carboxylic acids is 2. The first-order valence-corrected chi connectivity index (χ1v) is 14.4. The molecule has 1 heterocycles. The van der Waals surface area contributed by atoms with E-state index in [9.17, 15) is 14.4 Å². The maximum Gasteiger partial charge on any atom is 0.271 e. The molecule has 0 atom stereocenters. The fourth-order valence-corrected chi connectivity index (χ4v) is 5.06. The normalized spacial score (nSPS) is 11.4. The van der Waals surface area contributed by atoms with Gasteiger partial charge in [0.15, 0.2) is 5.16 Å². The van der Waals surface area contributed by atoms with Crippen molar-refractivity contribution in [1.82, 2.24) is 15.0 Å². The Bertz CT molecular complexity index is 1850. The van der Waals surface area contributed by atoms with Crippen molar-refractivity contribution in [3.63, 3.8) is 0 Å². The highest BCUT2D eigenvalue weighted by Gasteiger charge is 2.15. The van der Waals surface area contributed by atoms with E-state index in [0.29, 0.717) is 43.7 Å². The van der Waals surface area contributed by atoms with Gasteiger partial charge < -0.3 is 5.32 Å². The van der Waals surface area contributed by atoms with E-state index in [0.717, 1.165) is 11.1 Å². The van der Waals surface area contributed by atoms with Gasteiger partial charge in [-0.05, 0) is 80.1 Å². The number of carbonyl (C=O) groups is 2. The number of benzene rings is 4. The summed E-state index contributed by atoms with van der Waals surface area (Å²) >= 11 is 7.06. The number of aryl methyl sites for hydroxylation is 1. The quantitative estimate of drug-likeness (QED) is 0.0957. The Hall–Kier alpha value is -4.73. The molecular formula is C32H26ClN5O3S. The van der Waals surface area contributed by atoms with Crippen LogP contribution < -0.4 is 16.3 Å². The van der Waals surface area contributed by atoms with Gasteiger partial charge in [-0.25, -0.2) is 10.4 Å². The van der Waals surface area contributed by atoms with Crippen molar-refractivity contribution in [2.24, 2.45) is 5.10 Å². The summed E-state index contributed by atoms with van der Waals surface area (Å²) in [6, 6.07) is 28.4. The van der Waals surface area contributed by atoms with E-state index in [4.69, 9.17) is 16.6 Å². The fraction of sp³-hybridized carbons (Fsp3) is 0.0938. The van der Waals surface area contributed by atoms with Crippen LogP contribution in [0.15, 0.2) is 112 Å². The van der Waals surface area contributed by atoms with Crippen LogP contribution in [0.2, 0.25) is 5.02 Å². The van der Waals surface area contributed by atoms with Crippen LogP contribution in [-0.2, 0) is 4.79 Å². The maximum atomic E-state index is 13.4. The van der Waals surface area contributed by atoms with E-state index < -0.39 is 0 Å². The van der Waals surface area contributed by atoms with Gasteiger partial charge in [-0.3, -0.25) is 19.0 Å². The second-order valence-corrected chi connectivity index (χ2v) is 10.8. The smallest absolute Gasteiger partial charge is 0.271 e. The minimum Gasteiger partial charge on any atom is -0.325 e. The molecule has 0 fully saturated rings. The van der Waals surface area contributed by atoms with Gasteiger partial charge in [-0.2, -0.15) is 5.10 Å². The standard InChI is InChI=1S/C32H26ClN5O3S/c1-20-7-17-26(18-8-20)38-31(41)27-5-3-4-6-28(27)35-32(38)42-19-29(39)34-25-15-11-22(12-16-25)21(2)36-37-30(40)23-9-13-24(33)14-10-23/h3-18H,19H2,1-2H3,(H,34,39)(H,37,40)/b36-21+. The van der Waals surface area contributed by atoms with Crippen LogP contribution in [-0.4, -0.2) is 32.8 Å². The summed E-state index contributed by atoms with van der Waals surface area (Å²) in [5.74, 6) is -0.539. The molecule has 0 bridgehead atoms. The molecule has 0 aliphatic carbocycles. The second-order valence-electron chi connectivity index (χ2n) is 9.45. The third-order valence-corrected chi connectivity index (χ3v) is 7.58. The third kappa shape index (κ3) is 6.76. The number of nitrogens with one attached hydrogen (secondary N) is 2. The summed E-state index contributed by atoms with van der Waals surface area (Å²) in [5, 5.41) is 8.54. The zero-order chi connectivity index (χ0) is 29.6. The topological polar surface area (TPSA) is 105 Å². The van der Waals surface area contributed by atoms with E-state index in [2.05, 4.69) is 15.8 Å². The van der Waals surface area contributed by atoms with Crippen LogP contribution in [0.1, 0.15) is 28.4 Å². The zero-order valence-corrected chi connectivity index (χ0v) is 24.4. The molecule has 0 unspecified atom stereocenters. The fourth-order valence-electron chi connectivity index (χ4n) is 4.12. The van der Waals surface area contributed by atoms with Gasteiger partial charge in [0, 0.05) is 16.3 Å². The molecule has 5 aromatic rings. The molecule has 42 heavy (non-hydrogen) atoms. The summed E-state index contributed by atoms with van der Waals surface area (Å²) in [6.07, 6.45) is 0. The highest BCUT2D eigenvalue weighted by molar-refractivity contribution is 7.99. The number of thioether (sulfide) groups is 1. The van der Waals surface area contributed by atoms with Crippen LogP contribution in [0.3, 0.4) is 0 Å². The summed E-state index contributed by atoms with van der Waals surface area (Å²) in [7, 11) is 0. The number of halogens is 1. The van der Waals surface area contributed by atoms with E-state index in [1.54, 1.807) is 78.2 Å². The van der Waals surface area contributed by atoms with Crippen molar-refractivity contribution in [3.05, 3.63) is 129 Å². The Balaban J connectivity index is 1.25. The lowest BCUT2D eigenvalue weighted by molar-refractivity contribution is -0.113. The molecule has 0 radical (unpaired) electrons. The van der Waals surface area contributed by atoms with Crippen LogP contribution in [0.4, 0.5) is 5.69 Å². The number of aromatic nitrogens is 2. The van der Waals surface area contributed by atoms with E-state index in [1.807, 2.05) is 37.3 Å². The molecule has 5 rings (SSSR count). The first-order valence-electron chi connectivity index (χ1n) is 13.0. The van der Waals surface area contributed by atoms with Crippen molar-refractivity contribution in [1.29, 1.82) is 0 Å². The summed E-state index contributed by atoms with van der Waals surface area (Å²) < 4.78 is 1.54. The highest BCUT2D eigenvalue weighted by atomic mass is 35.5. The van der Waals surface area contributed by atoms with Crippen molar-refractivity contribution in [2.45, 2.75) is 19.0 Å². The lowest BCUT2D eigenvalue weighted by Crippen LogP contribution is -2.23. The SMILES string of the molecule is C/C(=N\NC(=O)c1ccc(Cl)cc1)c1ccc(NC(=O)CSc2nc3ccccc3c(=O)n2-c2ccc(C)cc2)cc1. The van der Waals surface area contributed by atoms with Gasteiger partial charge in [-0.1, -0.05) is 65.3 Å². The average Bonchev–Trinajstić information content (AvgIpc) is 3.00. The number of rotatable bonds is 8. The largest absolute Gasteiger partial charge is 0.325 e. The number of fused-ring (bicyclic) bond motifs is 1. The van der Waals surface area contributed by atoms with Gasteiger partial charge in [0.2, 0.25) is 5.91 Å². The van der Waals surface area contributed by atoms with Crippen molar-refractivity contribution < 1.29 is 9.59 Å². The number of nitrogens with zero attached hydrogens (tertiary/aromatic N) is 3. The van der Waals surface area contributed by atoms with Gasteiger partial charge >= 0.3 is 0 Å². The van der Waals surface area contributed by atoms with E-state index in [1.165, 1.54) is 11.8 Å². The lowest BCUT2D eigenvalue weighted by atomic mass is 10.1. The molecule has 8 nitrogen and oxygen atoms in total. The molecule has 0 saturated carbocycles. The van der Waals surface area contributed by atoms with Crippen molar-refractivity contribution in [3.8, 4) is 5.69 Å². The van der Waals surface area contributed by atoms with E-state index in [-0.39, 0.29) is 23.1 Å². The monoisotopic (exact) mass is 595 g/mol. The molecule has 4 aromatic carbocycles. The Morgan fingerprint density at radius 3 is 2.29 bits per heavy atom. The van der Waals surface area contributed by atoms with Crippen LogP contribution >= 0.6 is 23.4 Å². The Kier molecular flexibility index (Phi) is 8.80. The first kappa shape index (κ1) is 28.8. The molecule has 10 heteroatoms.